The standard InChI is InChI=1S/C16H18N4O2/c21-13(10-19-5-1-6-19)9-18-12-2-3-14-15(8-12)22-11-16-17-4-7-20(14)16/h1-5,7-8,13,18,21H,6,9-11H2/t13-/m1/s1. The van der Waals surface area contributed by atoms with Crippen LogP contribution in [0, 0.1) is 0 Å². The van der Waals surface area contributed by atoms with Crippen LogP contribution in [-0.2, 0) is 6.61 Å². The zero-order valence-electron chi connectivity index (χ0n) is 12.1. The van der Waals surface area contributed by atoms with E-state index in [0.717, 1.165) is 29.5 Å². The maximum Gasteiger partial charge on any atom is 0.151 e. The van der Waals surface area contributed by atoms with Crippen LogP contribution in [0.5, 0.6) is 5.75 Å². The molecule has 6 heteroatoms. The van der Waals surface area contributed by atoms with E-state index < -0.39 is 6.10 Å². The fourth-order valence-corrected chi connectivity index (χ4v) is 2.70. The molecule has 1 aromatic carbocycles. The molecule has 2 aliphatic rings. The lowest BCUT2D eigenvalue weighted by atomic mass is 10.2. The van der Waals surface area contributed by atoms with Crippen molar-refractivity contribution in [2.45, 2.75) is 12.7 Å². The summed E-state index contributed by atoms with van der Waals surface area (Å²) >= 11 is 0. The van der Waals surface area contributed by atoms with E-state index in [-0.39, 0.29) is 0 Å². The van der Waals surface area contributed by atoms with E-state index in [0.29, 0.717) is 19.7 Å². The second-order valence-corrected chi connectivity index (χ2v) is 5.56. The van der Waals surface area contributed by atoms with E-state index in [2.05, 4.69) is 21.3 Å². The van der Waals surface area contributed by atoms with Crippen molar-refractivity contribution in [2.75, 3.05) is 25.0 Å². The van der Waals surface area contributed by atoms with Crippen molar-refractivity contribution in [3.05, 3.63) is 48.7 Å². The quantitative estimate of drug-likeness (QED) is 0.873. The Hall–Kier alpha value is -2.47. The first-order chi connectivity index (χ1) is 10.8. The molecule has 0 aliphatic carbocycles. The Bertz CT molecular complexity index is 710. The van der Waals surface area contributed by atoms with E-state index in [4.69, 9.17) is 4.74 Å². The highest BCUT2D eigenvalue weighted by molar-refractivity contribution is 5.59. The molecule has 3 heterocycles. The molecule has 114 valence electrons. The summed E-state index contributed by atoms with van der Waals surface area (Å²) in [5.74, 6) is 1.74. The zero-order valence-corrected chi connectivity index (χ0v) is 12.1. The van der Waals surface area contributed by atoms with Crippen molar-refractivity contribution in [3.63, 3.8) is 0 Å². The van der Waals surface area contributed by atoms with Gasteiger partial charge >= 0.3 is 0 Å². The summed E-state index contributed by atoms with van der Waals surface area (Å²) < 4.78 is 7.78. The van der Waals surface area contributed by atoms with E-state index >= 15 is 0 Å². The highest BCUT2D eigenvalue weighted by Gasteiger charge is 2.17. The van der Waals surface area contributed by atoms with Crippen molar-refractivity contribution in [2.24, 2.45) is 0 Å². The maximum absolute atomic E-state index is 10.0. The highest BCUT2D eigenvalue weighted by Crippen LogP contribution is 2.31. The third-order valence-electron chi connectivity index (χ3n) is 3.94. The SMILES string of the molecule is O[C@H](CNc1ccc2c(c1)OCc1nccn1-2)CN1C=CC1. The molecule has 0 saturated carbocycles. The molecular formula is C16H18N4O2. The summed E-state index contributed by atoms with van der Waals surface area (Å²) in [6.07, 6.45) is 7.39. The molecule has 0 amide bonds. The Balaban J connectivity index is 1.42. The number of imidazole rings is 1. The fraction of sp³-hybridized carbons (Fsp3) is 0.312. The molecule has 0 fully saturated rings. The molecule has 22 heavy (non-hydrogen) atoms. The topological polar surface area (TPSA) is 62.5 Å². The number of fused-ring (bicyclic) bond motifs is 3. The first kappa shape index (κ1) is 13.2. The number of anilines is 1. The maximum atomic E-state index is 10.0. The van der Waals surface area contributed by atoms with E-state index in [1.165, 1.54) is 0 Å². The van der Waals surface area contributed by atoms with E-state index in [1.54, 1.807) is 6.20 Å². The smallest absolute Gasteiger partial charge is 0.151 e. The van der Waals surface area contributed by atoms with Crippen molar-refractivity contribution < 1.29 is 9.84 Å². The van der Waals surface area contributed by atoms with Gasteiger partial charge in [-0.15, -0.1) is 0 Å². The predicted molar refractivity (Wildman–Crippen MR) is 83.1 cm³/mol. The van der Waals surface area contributed by atoms with Crippen LogP contribution in [0.4, 0.5) is 5.69 Å². The van der Waals surface area contributed by atoms with Gasteiger partial charge in [0, 0.05) is 43.8 Å². The second kappa shape index (κ2) is 5.38. The molecule has 0 saturated heterocycles. The van der Waals surface area contributed by atoms with Gasteiger partial charge in [0.05, 0.1) is 11.8 Å². The van der Waals surface area contributed by atoms with Gasteiger partial charge in [-0.2, -0.15) is 0 Å². The summed E-state index contributed by atoms with van der Waals surface area (Å²) in [6, 6.07) is 5.97. The molecule has 2 aliphatic heterocycles. The molecule has 0 spiro atoms. The summed E-state index contributed by atoms with van der Waals surface area (Å²) in [7, 11) is 0. The molecule has 1 atom stereocenters. The summed E-state index contributed by atoms with van der Waals surface area (Å²) in [4.78, 5) is 6.34. The van der Waals surface area contributed by atoms with Crippen LogP contribution in [-0.4, -0.2) is 45.3 Å². The van der Waals surface area contributed by atoms with Gasteiger partial charge in [0.25, 0.3) is 0 Å². The number of aromatic nitrogens is 2. The van der Waals surface area contributed by atoms with Gasteiger partial charge in [-0.1, -0.05) is 0 Å². The Kier molecular flexibility index (Phi) is 3.23. The average Bonchev–Trinajstić information content (AvgIpc) is 2.97. The number of nitrogens with one attached hydrogen (secondary N) is 1. The van der Waals surface area contributed by atoms with Gasteiger partial charge in [0.1, 0.15) is 12.4 Å². The van der Waals surface area contributed by atoms with Crippen LogP contribution in [0.15, 0.2) is 42.9 Å². The minimum atomic E-state index is -0.401. The first-order valence-electron chi connectivity index (χ1n) is 7.42. The van der Waals surface area contributed by atoms with Gasteiger partial charge < -0.3 is 20.1 Å². The number of nitrogens with zero attached hydrogens (tertiary/aromatic N) is 3. The summed E-state index contributed by atoms with van der Waals surface area (Å²) in [5.41, 5.74) is 1.94. The van der Waals surface area contributed by atoms with E-state index in [9.17, 15) is 5.11 Å². The molecule has 0 unspecified atom stereocenters. The number of hydrogen-bond donors (Lipinski definition) is 2. The number of aliphatic hydroxyl groups excluding tert-OH is 1. The molecule has 2 aromatic rings. The largest absolute Gasteiger partial charge is 0.483 e. The van der Waals surface area contributed by atoms with Crippen LogP contribution in [0.3, 0.4) is 0 Å². The molecule has 4 rings (SSSR count). The molecular weight excluding hydrogens is 280 g/mol. The molecule has 0 bridgehead atoms. The monoisotopic (exact) mass is 298 g/mol. The summed E-state index contributed by atoms with van der Waals surface area (Å²) in [5, 5.41) is 13.3. The third-order valence-corrected chi connectivity index (χ3v) is 3.94. The number of aliphatic hydroxyl groups is 1. The fourth-order valence-electron chi connectivity index (χ4n) is 2.70. The van der Waals surface area contributed by atoms with Crippen LogP contribution < -0.4 is 10.1 Å². The lowest BCUT2D eigenvalue weighted by Crippen LogP contribution is -2.36. The molecule has 6 nitrogen and oxygen atoms in total. The van der Waals surface area contributed by atoms with Crippen molar-refractivity contribution >= 4 is 5.69 Å². The van der Waals surface area contributed by atoms with Crippen molar-refractivity contribution in [3.8, 4) is 11.4 Å². The van der Waals surface area contributed by atoms with Gasteiger partial charge in [-0.05, 0) is 24.4 Å². The second-order valence-electron chi connectivity index (χ2n) is 5.56. The number of ether oxygens (including phenoxy) is 1. The Labute approximate surface area is 128 Å². The van der Waals surface area contributed by atoms with Crippen LogP contribution in [0.2, 0.25) is 0 Å². The number of rotatable bonds is 5. The minimum absolute atomic E-state index is 0.401. The van der Waals surface area contributed by atoms with Crippen molar-refractivity contribution in [1.29, 1.82) is 0 Å². The van der Waals surface area contributed by atoms with Crippen molar-refractivity contribution in [1.82, 2.24) is 14.5 Å². The number of benzene rings is 1. The first-order valence-corrected chi connectivity index (χ1v) is 7.42. The highest BCUT2D eigenvalue weighted by atomic mass is 16.5. The normalized spacial score (nSPS) is 16.3. The molecule has 0 radical (unpaired) electrons. The Morgan fingerprint density at radius 3 is 3.14 bits per heavy atom. The lowest BCUT2D eigenvalue weighted by molar-refractivity contribution is 0.143. The Morgan fingerprint density at radius 2 is 2.32 bits per heavy atom. The van der Waals surface area contributed by atoms with Gasteiger partial charge in [0.15, 0.2) is 5.82 Å². The zero-order chi connectivity index (χ0) is 14.9. The number of hydrogen-bond acceptors (Lipinski definition) is 5. The van der Waals surface area contributed by atoms with E-state index in [1.807, 2.05) is 35.2 Å². The van der Waals surface area contributed by atoms with Crippen LogP contribution >= 0.6 is 0 Å². The summed E-state index contributed by atoms with van der Waals surface area (Å²) in [6.45, 7) is 2.58. The third kappa shape index (κ3) is 2.42. The Morgan fingerprint density at radius 1 is 1.41 bits per heavy atom. The van der Waals surface area contributed by atoms with Crippen LogP contribution in [0.1, 0.15) is 5.82 Å². The number of β-amino-alcohol motifs (C(OH)–C–C–N with tert-alkyl or cyclic N) is 1. The minimum Gasteiger partial charge on any atom is -0.483 e. The van der Waals surface area contributed by atoms with Crippen LogP contribution in [0.25, 0.3) is 5.69 Å². The predicted octanol–water partition coefficient (Wildman–Crippen LogP) is 1.37. The molecule has 1 aromatic heterocycles. The van der Waals surface area contributed by atoms with Gasteiger partial charge in [-0.25, -0.2) is 4.98 Å². The van der Waals surface area contributed by atoms with Gasteiger partial charge in [0.2, 0.25) is 0 Å². The lowest BCUT2D eigenvalue weighted by Gasteiger charge is -2.28. The average molecular weight is 298 g/mol. The molecule has 2 N–H and O–H groups in total. The van der Waals surface area contributed by atoms with Gasteiger partial charge in [-0.3, -0.25) is 4.57 Å².